The van der Waals surface area contributed by atoms with E-state index in [1.807, 2.05) is 13.2 Å². The van der Waals surface area contributed by atoms with E-state index in [9.17, 15) is 0 Å². The highest BCUT2D eigenvalue weighted by atomic mass is 79.9. The summed E-state index contributed by atoms with van der Waals surface area (Å²) in [7, 11) is 2.03. The summed E-state index contributed by atoms with van der Waals surface area (Å²) in [6.07, 6.45) is 2.01. The molecule has 5 heteroatoms. The van der Waals surface area contributed by atoms with Crippen molar-refractivity contribution in [1.82, 2.24) is 15.5 Å². The highest BCUT2D eigenvalue weighted by molar-refractivity contribution is 9.11. The molecule has 0 aromatic heterocycles. The lowest BCUT2D eigenvalue weighted by Gasteiger charge is -2.27. The van der Waals surface area contributed by atoms with Crippen molar-refractivity contribution in [2.24, 2.45) is 4.99 Å². The molecule has 2 aliphatic rings. The molecule has 4 nitrogen and oxygen atoms in total. The van der Waals surface area contributed by atoms with Crippen LogP contribution in [0.1, 0.15) is 11.5 Å². The Balaban J connectivity index is 1.74. The van der Waals surface area contributed by atoms with Crippen LogP contribution in [0.25, 0.3) is 0 Å². The summed E-state index contributed by atoms with van der Waals surface area (Å²) in [5.74, 6) is 1.63. The molecule has 1 fully saturated rings. The minimum atomic E-state index is 0.678. The first kappa shape index (κ1) is 12.7. The average Bonchev–Trinajstić information content (AvgIpc) is 2.28. The molecule has 2 aliphatic heterocycles. The molecular weight excluding hydrogens is 304 g/mol. The van der Waals surface area contributed by atoms with Gasteiger partial charge in [0, 0.05) is 32.3 Å². The van der Waals surface area contributed by atoms with Crippen LogP contribution < -0.4 is 10.6 Å². The van der Waals surface area contributed by atoms with Gasteiger partial charge in [-0.1, -0.05) is 12.1 Å². The number of aliphatic imine (C=N–C) groups is 1. The van der Waals surface area contributed by atoms with Crippen LogP contribution in [0.15, 0.2) is 40.1 Å². The molecule has 0 saturated carbocycles. The lowest BCUT2D eigenvalue weighted by atomic mass is 9.94. The zero-order valence-electron chi connectivity index (χ0n) is 10.9. The van der Waals surface area contributed by atoms with Gasteiger partial charge in [-0.15, -0.1) is 0 Å². The molecule has 1 aromatic carbocycles. The van der Waals surface area contributed by atoms with E-state index in [0.29, 0.717) is 5.92 Å². The van der Waals surface area contributed by atoms with E-state index in [4.69, 9.17) is 0 Å². The molecule has 0 radical (unpaired) electrons. The molecule has 0 aliphatic carbocycles. The maximum absolute atomic E-state index is 4.64. The number of nitrogens with zero attached hydrogens (tertiary/aromatic N) is 2. The summed E-state index contributed by atoms with van der Waals surface area (Å²) in [4.78, 5) is 6.73. The van der Waals surface area contributed by atoms with Gasteiger partial charge in [-0.3, -0.25) is 0 Å². The Kier molecular flexibility index (Phi) is 3.57. The van der Waals surface area contributed by atoms with Gasteiger partial charge in [0.15, 0.2) is 0 Å². The van der Waals surface area contributed by atoms with Crippen LogP contribution in [0, 0.1) is 0 Å². The molecule has 1 saturated heterocycles. The van der Waals surface area contributed by atoms with Crippen molar-refractivity contribution in [3.05, 3.63) is 40.6 Å². The van der Waals surface area contributed by atoms with Gasteiger partial charge in [0.25, 0.3) is 0 Å². The Labute approximate surface area is 121 Å². The van der Waals surface area contributed by atoms with Crippen molar-refractivity contribution in [3.8, 4) is 0 Å². The van der Waals surface area contributed by atoms with E-state index in [-0.39, 0.29) is 0 Å². The van der Waals surface area contributed by atoms with Crippen LogP contribution in [0.3, 0.4) is 0 Å². The maximum atomic E-state index is 4.64. The largest absolute Gasteiger partial charge is 0.371 e. The molecule has 100 valence electrons. The van der Waals surface area contributed by atoms with Crippen molar-refractivity contribution >= 4 is 27.5 Å². The van der Waals surface area contributed by atoms with Crippen molar-refractivity contribution in [3.63, 3.8) is 0 Å². The van der Waals surface area contributed by atoms with Crippen molar-refractivity contribution < 1.29 is 0 Å². The summed E-state index contributed by atoms with van der Waals surface area (Å²) >= 11 is 3.45. The average molecular weight is 321 g/mol. The van der Waals surface area contributed by atoms with Crippen LogP contribution in [-0.4, -0.2) is 37.4 Å². The van der Waals surface area contributed by atoms with Crippen LogP contribution >= 0.6 is 15.9 Å². The fraction of sp³-hybridized carbons (Fsp3) is 0.357. The third-order valence-electron chi connectivity index (χ3n) is 3.41. The van der Waals surface area contributed by atoms with Gasteiger partial charge in [0.1, 0.15) is 5.84 Å². The normalized spacial score (nSPS) is 21.9. The van der Waals surface area contributed by atoms with Gasteiger partial charge < -0.3 is 15.5 Å². The minimum absolute atomic E-state index is 0.678. The molecule has 0 amide bonds. The Hall–Kier alpha value is -1.33. The number of hydrogen-bond donors (Lipinski definition) is 2. The summed E-state index contributed by atoms with van der Waals surface area (Å²) in [5, 5.41) is 6.53. The summed E-state index contributed by atoms with van der Waals surface area (Å²) in [5.41, 5.74) is 2.40. The Morgan fingerprint density at radius 1 is 1.26 bits per heavy atom. The fourth-order valence-corrected chi connectivity index (χ4v) is 2.83. The quantitative estimate of drug-likeness (QED) is 0.820. The standard InChI is InChI=1S/C14H17BrN4/c1-19-8-13(15)18-14(9-19)17-12-4-2-10(3-5-12)11-6-16-7-11/h2-5,8,11,16H,6-7,9H2,1H3,(H,17,18). The fourth-order valence-electron chi connectivity index (χ4n) is 2.25. The number of nitrogens with one attached hydrogen (secondary N) is 2. The van der Waals surface area contributed by atoms with Crippen LogP contribution in [0.4, 0.5) is 5.69 Å². The van der Waals surface area contributed by atoms with E-state index in [1.165, 1.54) is 5.56 Å². The number of rotatable bonds is 2. The van der Waals surface area contributed by atoms with Gasteiger partial charge in [-0.2, -0.15) is 0 Å². The first-order chi connectivity index (χ1) is 9.20. The van der Waals surface area contributed by atoms with Crippen molar-refractivity contribution in [1.29, 1.82) is 0 Å². The van der Waals surface area contributed by atoms with Gasteiger partial charge in [0.2, 0.25) is 0 Å². The van der Waals surface area contributed by atoms with Crippen LogP contribution in [0.5, 0.6) is 0 Å². The molecule has 3 rings (SSSR count). The second-order valence-electron chi connectivity index (χ2n) is 5.02. The Bertz CT molecular complexity index is 517. The highest BCUT2D eigenvalue weighted by Gasteiger charge is 2.18. The SMILES string of the molecule is CN1C=C(Br)NC(=Nc2ccc(C3CNC3)cc2)C1. The van der Waals surface area contributed by atoms with E-state index in [0.717, 1.165) is 35.8 Å². The maximum Gasteiger partial charge on any atom is 0.127 e. The molecular formula is C14H17BrN4. The van der Waals surface area contributed by atoms with E-state index < -0.39 is 0 Å². The summed E-state index contributed by atoms with van der Waals surface area (Å²) in [6, 6.07) is 8.55. The number of benzene rings is 1. The molecule has 0 unspecified atom stereocenters. The lowest BCUT2D eigenvalue weighted by Crippen LogP contribution is -2.39. The second-order valence-corrected chi connectivity index (χ2v) is 5.88. The van der Waals surface area contributed by atoms with E-state index in [1.54, 1.807) is 0 Å². The first-order valence-electron chi connectivity index (χ1n) is 6.43. The zero-order chi connectivity index (χ0) is 13.2. The lowest BCUT2D eigenvalue weighted by molar-refractivity contribution is 0.448. The highest BCUT2D eigenvalue weighted by Crippen LogP contribution is 2.23. The minimum Gasteiger partial charge on any atom is -0.371 e. The van der Waals surface area contributed by atoms with Gasteiger partial charge in [0.05, 0.1) is 16.8 Å². The number of halogens is 1. The zero-order valence-corrected chi connectivity index (χ0v) is 12.4. The third kappa shape index (κ3) is 2.98. The predicted octanol–water partition coefficient (Wildman–Crippen LogP) is 2.13. The molecule has 0 spiro atoms. The molecule has 2 N–H and O–H groups in total. The van der Waals surface area contributed by atoms with Crippen molar-refractivity contribution in [2.75, 3.05) is 26.7 Å². The van der Waals surface area contributed by atoms with E-state index >= 15 is 0 Å². The van der Waals surface area contributed by atoms with Gasteiger partial charge >= 0.3 is 0 Å². The Morgan fingerprint density at radius 2 is 2.00 bits per heavy atom. The van der Waals surface area contributed by atoms with Crippen LogP contribution in [0.2, 0.25) is 0 Å². The van der Waals surface area contributed by atoms with E-state index in [2.05, 4.69) is 60.7 Å². The smallest absolute Gasteiger partial charge is 0.127 e. The number of hydrogen-bond acceptors (Lipinski definition) is 3. The van der Waals surface area contributed by atoms with Gasteiger partial charge in [-0.05, 0) is 33.6 Å². The predicted molar refractivity (Wildman–Crippen MR) is 81.9 cm³/mol. The Morgan fingerprint density at radius 3 is 2.58 bits per heavy atom. The number of amidine groups is 1. The molecule has 1 aromatic rings. The van der Waals surface area contributed by atoms with Crippen LogP contribution in [-0.2, 0) is 0 Å². The molecule has 0 atom stereocenters. The first-order valence-corrected chi connectivity index (χ1v) is 7.23. The topological polar surface area (TPSA) is 39.7 Å². The van der Waals surface area contributed by atoms with Crippen molar-refractivity contribution in [2.45, 2.75) is 5.92 Å². The summed E-state index contributed by atoms with van der Waals surface area (Å²) in [6.45, 7) is 2.99. The third-order valence-corrected chi connectivity index (χ3v) is 3.81. The van der Waals surface area contributed by atoms with Gasteiger partial charge in [-0.25, -0.2) is 4.99 Å². The number of likely N-dealkylation sites (N-methyl/N-ethyl adjacent to an activating group) is 1. The monoisotopic (exact) mass is 320 g/mol. The molecule has 2 heterocycles. The second kappa shape index (κ2) is 5.35. The molecule has 19 heavy (non-hydrogen) atoms. The molecule has 0 bridgehead atoms. The summed E-state index contributed by atoms with van der Waals surface area (Å²) < 4.78 is 0.942.